The van der Waals surface area contributed by atoms with E-state index in [0.29, 0.717) is 0 Å². The monoisotopic (exact) mass is 196 g/mol. The third-order valence-corrected chi connectivity index (χ3v) is 3.29. The molecule has 0 amide bonds. The zero-order valence-corrected chi connectivity index (χ0v) is 8.65. The fraction of sp³-hybridized carbons (Fsp3) is 0.556. The molecule has 2 rings (SSSR count). The molecular formula is C9H12N2OS. The SMILES string of the molecule is CCc1c(C)nc2n(c1=O)CCS2. The summed E-state index contributed by atoms with van der Waals surface area (Å²) in [5, 5.41) is 0.889. The average Bonchev–Trinajstić information content (AvgIpc) is 2.53. The average molecular weight is 196 g/mol. The van der Waals surface area contributed by atoms with Crippen LogP contribution in [0.25, 0.3) is 0 Å². The summed E-state index contributed by atoms with van der Waals surface area (Å²) in [5.74, 6) is 0.981. The number of nitrogens with zero attached hydrogens (tertiary/aromatic N) is 2. The molecule has 70 valence electrons. The van der Waals surface area contributed by atoms with E-state index in [4.69, 9.17) is 0 Å². The molecule has 13 heavy (non-hydrogen) atoms. The highest BCUT2D eigenvalue weighted by Gasteiger charge is 2.17. The van der Waals surface area contributed by atoms with Gasteiger partial charge in [-0.15, -0.1) is 0 Å². The van der Waals surface area contributed by atoms with Crippen LogP contribution in [0, 0.1) is 6.92 Å². The van der Waals surface area contributed by atoms with Crippen LogP contribution in [-0.2, 0) is 13.0 Å². The molecule has 1 aliphatic rings. The number of rotatable bonds is 1. The van der Waals surface area contributed by atoms with Crippen LogP contribution in [0.1, 0.15) is 18.2 Å². The van der Waals surface area contributed by atoms with Gasteiger partial charge in [-0.25, -0.2) is 4.98 Å². The van der Waals surface area contributed by atoms with Crippen molar-refractivity contribution in [3.63, 3.8) is 0 Å². The Labute approximate surface area is 81.2 Å². The quantitative estimate of drug-likeness (QED) is 0.633. The summed E-state index contributed by atoms with van der Waals surface area (Å²) in [5.41, 5.74) is 1.93. The fourth-order valence-electron chi connectivity index (χ4n) is 1.62. The maximum atomic E-state index is 11.8. The molecule has 1 aliphatic heterocycles. The zero-order valence-electron chi connectivity index (χ0n) is 7.83. The van der Waals surface area contributed by atoms with Gasteiger partial charge < -0.3 is 0 Å². The van der Waals surface area contributed by atoms with E-state index in [2.05, 4.69) is 4.98 Å². The smallest absolute Gasteiger partial charge is 0.257 e. The molecule has 0 spiro atoms. The van der Waals surface area contributed by atoms with Crippen LogP contribution in [0.15, 0.2) is 9.95 Å². The van der Waals surface area contributed by atoms with Crippen molar-refractivity contribution < 1.29 is 0 Å². The number of aryl methyl sites for hydroxylation is 1. The van der Waals surface area contributed by atoms with E-state index in [9.17, 15) is 4.79 Å². The third kappa shape index (κ3) is 1.29. The normalized spacial score (nSPS) is 14.6. The summed E-state index contributed by atoms with van der Waals surface area (Å²) in [7, 11) is 0. The van der Waals surface area contributed by atoms with Gasteiger partial charge in [0.1, 0.15) is 0 Å². The second kappa shape index (κ2) is 3.18. The Morgan fingerprint density at radius 1 is 1.62 bits per heavy atom. The molecule has 0 aromatic carbocycles. The van der Waals surface area contributed by atoms with Crippen LogP contribution in [0.5, 0.6) is 0 Å². The van der Waals surface area contributed by atoms with Crippen LogP contribution in [0.4, 0.5) is 0 Å². The summed E-state index contributed by atoms with van der Waals surface area (Å²) in [6.45, 7) is 4.74. The van der Waals surface area contributed by atoms with Gasteiger partial charge in [0, 0.05) is 23.6 Å². The summed E-state index contributed by atoms with van der Waals surface area (Å²) < 4.78 is 1.79. The molecule has 0 aliphatic carbocycles. The van der Waals surface area contributed by atoms with E-state index in [1.54, 1.807) is 16.3 Å². The molecule has 0 fully saturated rings. The number of thioether (sulfide) groups is 1. The van der Waals surface area contributed by atoms with Crippen molar-refractivity contribution in [2.75, 3.05) is 5.75 Å². The minimum Gasteiger partial charge on any atom is -0.287 e. The van der Waals surface area contributed by atoms with Gasteiger partial charge in [-0.1, -0.05) is 18.7 Å². The number of hydrogen-bond acceptors (Lipinski definition) is 3. The van der Waals surface area contributed by atoms with Gasteiger partial charge in [0.2, 0.25) is 0 Å². The largest absolute Gasteiger partial charge is 0.287 e. The van der Waals surface area contributed by atoms with Gasteiger partial charge in [0.15, 0.2) is 5.16 Å². The first-order valence-electron chi connectivity index (χ1n) is 4.47. The van der Waals surface area contributed by atoms with E-state index in [-0.39, 0.29) is 5.56 Å². The summed E-state index contributed by atoms with van der Waals surface area (Å²) in [4.78, 5) is 16.2. The molecule has 0 saturated carbocycles. The highest BCUT2D eigenvalue weighted by molar-refractivity contribution is 7.99. The first-order valence-corrected chi connectivity index (χ1v) is 5.45. The van der Waals surface area contributed by atoms with Crippen molar-refractivity contribution in [3.8, 4) is 0 Å². The predicted octanol–water partition coefficient (Wildman–Crippen LogP) is 1.22. The van der Waals surface area contributed by atoms with Gasteiger partial charge in [-0.3, -0.25) is 9.36 Å². The second-order valence-electron chi connectivity index (χ2n) is 3.12. The maximum Gasteiger partial charge on any atom is 0.257 e. The van der Waals surface area contributed by atoms with Crippen LogP contribution < -0.4 is 5.56 Å². The predicted molar refractivity (Wildman–Crippen MR) is 53.3 cm³/mol. The molecule has 0 N–H and O–H groups in total. The third-order valence-electron chi connectivity index (χ3n) is 2.33. The van der Waals surface area contributed by atoms with Gasteiger partial charge in [-0.2, -0.15) is 0 Å². The Morgan fingerprint density at radius 3 is 3.08 bits per heavy atom. The lowest BCUT2D eigenvalue weighted by Gasteiger charge is -2.06. The summed E-state index contributed by atoms with van der Waals surface area (Å²) >= 11 is 1.67. The van der Waals surface area contributed by atoms with E-state index in [1.807, 2.05) is 13.8 Å². The van der Waals surface area contributed by atoms with Crippen molar-refractivity contribution in [2.24, 2.45) is 0 Å². The van der Waals surface area contributed by atoms with Gasteiger partial charge in [0.05, 0.1) is 0 Å². The number of hydrogen-bond donors (Lipinski definition) is 0. The lowest BCUT2D eigenvalue weighted by atomic mass is 10.2. The Kier molecular flexibility index (Phi) is 2.15. The molecule has 0 bridgehead atoms. The highest BCUT2D eigenvalue weighted by Crippen LogP contribution is 2.21. The van der Waals surface area contributed by atoms with Crippen LogP contribution in [0.3, 0.4) is 0 Å². The number of aromatic nitrogens is 2. The Bertz CT molecular complexity index is 391. The first-order chi connectivity index (χ1) is 6.24. The Balaban J connectivity index is 2.70. The van der Waals surface area contributed by atoms with Crippen LogP contribution in [0.2, 0.25) is 0 Å². The van der Waals surface area contributed by atoms with Crippen molar-refractivity contribution >= 4 is 11.8 Å². The molecule has 3 nitrogen and oxygen atoms in total. The van der Waals surface area contributed by atoms with Gasteiger partial charge in [-0.05, 0) is 13.3 Å². The molecule has 1 aromatic heterocycles. The first kappa shape index (κ1) is 8.81. The van der Waals surface area contributed by atoms with Crippen molar-refractivity contribution in [2.45, 2.75) is 32.0 Å². The van der Waals surface area contributed by atoms with E-state index < -0.39 is 0 Å². The molecule has 1 aromatic rings. The summed E-state index contributed by atoms with van der Waals surface area (Å²) in [6.07, 6.45) is 0.780. The van der Waals surface area contributed by atoms with E-state index in [0.717, 1.165) is 35.1 Å². The zero-order chi connectivity index (χ0) is 9.42. The topological polar surface area (TPSA) is 34.9 Å². The fourth-order valence-corrected chi connectivity index (χ4v) is 2.61. The summed E-state index contributed by atoms with van der Waals surface area (Å²) in [6, 6.07) is 0. The van der Waals surface area contributed by atoms with Gasteiger partial charge >= 0.3 is 0 Å². The Morgan fingerprint density at radius 2 is 2.38 bits per heavy atom. The lowest BCUT2D eigenvalue weighted by molar-refractivity contribution is 0.636. The molecule has 0 saturated heterocycles. The van der Waals surface area contributed by atoms with Crippen LogP contribution in [-0.4, -0.2) is 15.3 Å². The maximum absolute atomic E-state index is 11.8. The highest BCUT2D eigenvalue weighted by atomic mass is 32.2. The molecular weight excluding hydrogens is 184 g/mol. The molecule has 0 unspecified atom stereocenters. The molecule has 4 heteroatoms. The van der Waals surface area contributed by atoms with Crippen molar-refractivity contribution in [1.82, 2.24) is 9.55 Å². The molecule has 0 radical (unpaired) electrons. The van der Waals surface area contributed by atoms with Crippen LogP contribution >= 0.6 is 11.8 Å². The number of fused-ring (bicyclic) bond motifs is 1. The van der Waals surface area contributed by atoms with Crippen molar-refractivity contribution in [1.29, 1.82) is 0 Å². The van der Waals surface area contributed by atoms with Crippen molar-refractivity contribution in [3.05, 3.63) is 21.6 Å². The van der Waals surface area contributed by atoms with E-state index >= 15 is 0 Å². The minimum atomic E-state index is 0.162. The van der Waals surface area contributed by atoms with Gasteiger partial charge in [0.25, 0.3) is 5.56 Å². The second-order valence-corrected chi connectivity index (χ2v) is 4.18. The Hall–Kier alpha value is -0.770. The van der Waals surface area contributed by atoms with E-state index in [1.165, 1.54) is 0 Å². The molecule has 0 atom stereocenters. The molecule has 2 heterocycles. The standard InChI is InChI=1S/C9H12N2OS/c1-3-7-6(2)10-9-11(8(7)12)4-5-13-9/h3-5H2,1-2H3. The lowest BCUT2D eigenvalue weighted by Crippen LogP contribution is -2.25. The minimum absolute atomic E-state index is 0.162.